The summed E-state index contributed by atoms with van der Waals surface area (Å²) in [5.41, 5.74) is 0.649. The summed E-state index contributed by atoms with van der Waals surface area (Å²) in [6.45, 7) is -0.192. The van der Waals surface area contributed by atoms with Crippen molar-refractivity contribution in [1.29, 1.82) is 0 Å². The van der Waals surface area contributed by atoms with Crippen LogP contribution in [0.15, 0.2) is 64.5 Å². The standard InChI is InChI=1S/C19H12F2N2O2S/c20-15-3-1-4-16(21)14(15)11-24-13-8-6-12(7-9-13)18-22-19(25-23-18)17-5-2-10-26-17/h1-10H,11H2. The number of benzene rings is 2. The summed E-state index contributed by atoms with van der Waals surface area (Å²) in [6, 6.07) is 14.4. The van der Waals surface area contributed by atoms with Gasteiger partial charge in [0.2, 0.25) is 5.82 Å². The molecule has 0 saturated carbocycles. The molecule has 0 bridgehead atoms. The van der Waals surface area contributed by atoms with Crippen LogP contribution in [0.1, 0.15) is 5.56 Å². The smallest absolute Gasteiger partial charge is 0.268 e. The topological polar surface area (TPSA) is 48.2 Å². The van der Waals surface area contributed by atoms with Gasteiger partial charge >= 0.3 is 0 Å². The Hall–Kier alpha value is -3.06. The van der Waals surface area contributed by atoms with E-state index in [0.717, 1.165) is 10.4 Å². The normalized spacial score (nSPS) is 10.8. The Bertz CT molecular complexity index is 994. The maximum atomic E-state index is 13.6. The molecule has 0 unspecified atom stereocenters. The van der Waals surface area contributed by atoms with Crippen LogP contribution >= 0.6 is 11.3 Å². The lowest BCUT2D eigenvalue weighted by atomic mass is 10.2. The van der Waals surface area contributed by atoms with Crippen LogP contribution in [0.3, 0.4) is 0 Å². The minimum absolute atomic E-state index is 0.102. The number of nitrogens with zero attached hydrogens (tertiary/aromatic N) is 2. The van der Waals surface area contributed by atoms with Crippen molar-refractivity contribution in [2.45, 2.75) is 6.61 Å². The lowest BCUT2D eigenvalue weighted by molar-refractivity contribution is 0.292. The van der Waals surface area contributed by atoms with Gasteiger partial charge in [-0.3, -0.25) is 0 Å². The van der Waals surface area contributed by atoms with Crippen molar-refractivity contribution >= 4 is 11.3 Å². The molecule has 0 aliphatic rings. The first-order chi connectivity index (χ1) is 12.7. The molecule has 4 nitrogen and oxygen atoms in total. The Morgan fingerprint density at radius 3 is 2.42 bits per heavy atom. The van der Waals surface area contributed by atoms with Crippen molar-refractivity contribution in [3.8, 4) is 27.9 Å². The van der Waals surface area contributed by atoms with E-state index in [4.69, 9.17) is 9.26 Å². The number of rotatable bonds is 5. The van der Waals surface area contributed by atoms with E-state index < -0.39 is 11.6 Å². The Kier molecular flexibility index (Phi) is 4.45. The second-order valence-corrected chi connectivity index (χ2v) is 6.36. The summed E-state index contributed by atoms with van der Waals surface area (Å²) < 4.78 is 37.9. The molecule has 130 valence electrons. The maximum absolute atomic E-state index is 13.6. The summed E-state index contributed by atoms with van der Waals surface area (Å²) in [5.74, 6) is 0.146. The van der Waals surface area contributed by atoms with Gasteiger partial charge in [-0.1, -0.05) is 17.3 Å². The molecule has 26 heavy (non-hydrogen) atoms. The molecule has 0 amide bonds. The molecule has 4 rings (SSSR count). The summed E-state index contributed by atoms with van der Waals surface area (Å²) in [6.07, 6.45) is 0. The monoisotopic (exact) mass is 370 g/mol. The number of halogens is 2. The molecule has 2 aromatic heterocycles. The van der Waals surface area contributed by atoms with Crippen molar-refractivity contribution in [1.82, 2.24) is 10.1 Å². The van der Waals surface area contributed by atoms with Gasteiger partial charge in [0, 0.05) is 5.56 Å². The maximum Gasteiger partial charge on any atom is 0.268 e. The van der Waals surface area contributed by atoms with E-state index >= 15 is 0 Å². The molecule has 2 aromatic carbocycles. The Morgan fingerprint density at radius 2 is 1.73 bits per heavy atom. The molecule has 0 radical (unpaired) electrons. The zero-order chi connectivity index (χ0) is 17.9. The molecule has 0 aliphatic carbocycles. The van der Waals surface area contributed by atoms with Crippen molar-refractivity contribution in [2.75, 3.05) is 0 Å². The van der Waals surface area contributed by atoms with Crippen molar-refractivity contribution in [3.05, 3.63) is 77.2 Å². The Labute approximate surface area is 151 Å². The van der Waals surface area contributed by atoms with Crippen molar-refractivity contribution in [2.24, 2.45) is 0 Å². The highest BCUT2D eigenvalue weighted by atomic mass is 32.1. The first-order valence-electron chi connectivity index (χ1n) is 7.74. The third-order valence-corrected chi connectivity index (χ3v) is 4.57. The van der Waals surface area contributed by atoms with Gasteiger partial charge in [0.15, 0.2) is 0 Å². The number of hydrogen-bond acceptors (Lipinski definition) is 5. The fraction of sp³-hybridized carbons (Fsp3) is 0.0526. The van der Waals surface area contributed by atoms with Crippen LogP contribution in [-0.4, -0.2) is 10.1 Å². The minimum Gasteiger partial charge on any atom is -0.489 e. The zero-order valence-corrected chi connectivity index (χ0v) is 14.2. The van der Waals surface area contributed by atoms with E-state index in [-0.39, 0.29) is 12.2 Å². The van der Waals surface area contributed by atoms with Crippen LogP contribution in [0, 0.1) is 11.6 Å². The molecule has 0 atom stereocenters. The second kappa shape index (κ2) is 7.05. The van der Waals surface area contributed by atoms with Gasteiger partial charge < -0.3 is 9.26 Å². The molecular weight excluding hydrogens is 358 g/mol. The molecule has 4 aromatic rings. The van der Waals surface area contributed by atoms with E-state index in [0.29, 0.717) is 17.5 Å². The molecule has 0 spiro atoms. The quantitative estimate of drug-likeness (QED) is 0.477. The summed E-state index contributed by atoms with van der Waals surface area (Å²) in [7, 11) is 0. The highest BCUT2D eigenvalue weighted by Crippen LogP contribution is 2.27. The van der Waals surface area contributed by atoms with Gasteiger partial charge in [0.05, 0.1) is 10.4 Å². The molecule has 2 heterocycles. The third-order valence-electron chi connectivity index (χ3n) is 3.72. The number of thiophene rings is 1. The largest absolute Gasteiger partial charge is 0.489 e. The molecule has 0 saturated heterocycles. The van der Waals surface area contributed by atoms with E-state index in [1.54, 1.807) is 24.3 Å². The zero-order valence-electron chi connectivity index (χ0n) is 13.4. The van der Waals surface area contributed by atoms with Crippen LogP contribution in [0.4, 0.5) is 8.78 Å². The van der Waals surface area contributed by atoms with Crippen LogP contribution in [-0.2, 0) is 6.61 Å². The van der Waals surface area contributed by atoms with Gasteiger partial charge in [-0.05, 0) is 47.8 Å². The number of aromatic nitrogens is 2. The fourth-order valence-electron chi connectivity index (χ4n) is 2.37. The van der Waals surface area contributed by atoms with E-state index in [1.807, 2.05) is 17.5 Å². The highest BCUT2D eigenvalue weighted by molar-refractivity contribution is 7.13. The van der Waals surface area contributed by atoms with Gasteiger partial charge in [-0.25, -0.2) is 8.78 Å². The van der Waals surface area contributed by atoms with Gasteiger partial charge in [-0.2, -0.15) is 4.98 Å². The Balaban J connectivity index is 1.47. The summed E-state index contributed by atoms with van der Waals surface area (Å²) in [5, 5.41) is 5.90. The molecule has 7 heteroatoms. The third kappa shape index (κ3) is 3.34. The molecule has 0 aliphatic heterocycles. The van der Waals surface area contributed by atoms with E-state index in [1.165, 1.54) is 29.5 Å². The average Bonchev–Trinajstić information content (AvgIpc) is 3.33. The van der Waals surface area contributed by atoms with Gasteiger partial charge in [0.25, 0.3) is 5.89 Å². The SMILES string of the molecule is Fc1cccc(F)c1COc1ccc(-c2noc(-c3cccs3)n2)cc1. The summed E-state index contributed by atoms with van der Waals surface area (Å²) >= 11 is 1.52. The fourth-order valence-corrected chi connectivity index (χ4v) is 3.01. The average molecular weight is 370 g/mol. The van der Waals surface area contributed by atoms with Crippen LogP contribution < -0.4 is 4.74 Å². The highest BCUT2D eigenvalue weighted by Gasteiger charge is 2.12. The lowest BCUT2D eigenvalue weighted by Crippen LogP contribution is -2.01. The van der Waals surface area contributed by atoms with E-state index in [9.17, 15) is 8.78 Å². The predicted molar refractivity (Wildman–Crippen MR) is 93.7 cm³/mol. The number of hydrogen-bond donors (Lipinski definition) is 0. The summed E-state index contributed by atoms with van der Waals surface area (Å²) in [4.78, 5) is 5.26. The minimum atomic E-state index is -0.630. The van der Waals surface area contributed by atoms with Crippen LogP contribution in [0.5, 0.6) is 5.75 Å². The number of ether oxygens (including phenoxy) is 1. The predicted octanol–water partition coefficient (Wildman–Crippen LogP) is 5.32. The van der Waals surface area contributed by atoms with Gasteiger partial charge in [-0.15, -0.1) is 11.3 Å². The first kappa shape index (κ1) is 16.4. The molecular formula is C19H12F2N2O2S. The first-order valence-corrected chi connectivity index (χ1v) is 8.62. The molecule has 0 fully saturated rings. The molecule has 0 N–H and O–H groups in total. The van der Waals surface area contributed by atoms with Crippen molar-refractivity contribution < 1.29 is 18.0 Å². The van der Waals surface area contributed by atoms with Gasteiger partial charge in [0.1, 0.15) is 24.0 Å². The Morgan fingerprint density at radius 1 is 0.962 bits per heavy atom. The van der Waals surface area contributed by atoms with Crippen LogP contribution in [0.25, 0.3) is 22.2 Å². The second-order valence-electron chi connectivity index (χ2n) is 5.41. The van der Waals surface area contributed by atoms with Crippen LogP contribution in [0.2, 0.25) is 0 Å². The lowest BCUT2D eigenvalue weighted by Gasteiger charge is -2.08. The van der Waals surface area contributed by atoms with E-state index in [2.05, 4.69) is 10.1 Å². The van der Waals surface area contributed by atoms with Crippen molar-refractivity contribution in [3.63, 3.8) is 0 Å².